The molecule has 0 saturated carbocycles. The van der Waals surface area contributed by atoms with Gasteiger partial charge >= 0.3 is 0 Å². The summed E-state index contributed by atoms with van der Waals surface area (Å²) >= 11 is 0. The number of nitrogen functional groups attached to an aromatic ring is 1. The SMILES string of the molecule is CCCc1ccc(Nc2cccc(C#N)c2N)cc1. The molecule has 0 aliphatic heterocycles. The van der Waals surface area contributed by atoms with Gasteiger partial charge in [0, 0.05) is 5.69 Å². The van der Waals surface area contributed by atoms with E-state index in [1.54, 1.807) is 6.07 Å². The highest BCUT2D eigenvalue weighted by atomic mass is 14.9. The third kappa shape index (κ3) is 3.05. The molecule has 0 spiro atoms. The Morgan fingerprint density at radius 2 is 1.89 bits per heavy atom. The van der Waals surface area contributed by atoms with E-state index in [0.717, 1.165) is 24.2 Å². The molecule has 2 aromatic carbocycles. The molecular formula is C16H17N3. The Kier molecular flexibility index (Phi) is 4.04. The maximum atomic E-state index is 8.95. The van der Waals surface area contributed by atoms with Gasteiger partial charge in [0.05, 0.1) is 16.9 Å². The topological polar surface area (TPSA) is 61.8 Å². The van der Waals surface area contributed by atoms with Crippen molar-refractivity contribution in [3.8, 4) is 6.07 Å². The Balaban J connectivity index is 2.19. The number of anilines is 3. The van der Waals surface area contributed by atoms with Crippen LogP contribution in [0.4, 0.5) is 17.1 Å². The van der Waals surface area contributed by atoms with Gasteiger partial charge in [-0.05, 0) is 36.2 Å². The second kappa shape index (κ2) is 5.92. The quantitative estimate of drug-likeness (QED) is 0.812. The summed E-state index contributed by atoms with van der Waals surface area (Å²) in [7, 11) is 0. The van der Waals surface area contributed by atoms with E-state index >= 15 is 0 Å². The Labute approximate surface area is 113 Å². The summed E-state index contributed by atoms with van der Waals surface area (Å²) in [6.07, 6.45) is 2.23. The van der Waals surface area contributed by atoms with Crippen LogP contribution < -0.4 is 11.1 Å². The monoisotopic (exact) mass is 251 g/mol. The van der Waals surface area contributed by atoms with Crippen molar-refractivity contribution in [3.63, 3.8) is 0 Å². The Morgan fingerprint density at radius 1 is 1.16 bits per heavy atom. The lowest BCUT2D eigenvalue weighted by molar-refractivity contribution is 0.922. The van der Waals surface area contributed by atoms with E-state index in [9.17, 15) is 0 Å². The smallest absolute Gasteiger partial charge is 0.101 e. The fourth-order valence-electron chi connectivity index (χ4n) is 1.97. The molecular weight excluding hydrogens is 234 g/mol. The molecule has 0 aliphatic rings. The van der Waals surface area contributed by atoms with Gasteiger partial charge in [0.1, 0.15) is 6.07 Å². The van der Waals surface area contributed by atoms with Crippen molar-refractivity contribution in [2.45, 2.75) is 19.8 Å². The first-order chi connectivity index (χ1) is 9.24. The Hall–Kier alpha value is -2.47. The molecule has 0 fully saturated rings. The third-order valence-corrected chi connectivity index (χ3v) is 3.00. The molecule has 0 atom stereocenters. The van der Waals surface area contributed by atoms with Crippen LogP contribution in [-0.2, 0) is 6.42 Å². The Bertz CT molecular complexity index is 594. The maximum Gasteiger partial charge on any atom is 0.101 e. The summed E-state index contributed by atoms with van der Waals surface area (Å²) in [4.78, 5) is 0. The van der Waals surface area contributed by atoms with Crippen LogP contribution in [0.25, 0.3) is 0 Å². The number of hydrogen-bond donors (Lipinski definition) is 2. The molecule has 3 N–H and O–H groups in total. The van der Waals surface area contributed by atoms with Gasteiger partial charge in [0.25, 0.3) is 0 Å². The minimum absolute atomic E-state index is 0.489. The predicted octanol–water partition coefficient (Wildman–Crippen LogP) is 3.84. The highest BCUT2D eigenvalue weighted by molar-refractivity contribution is 5.77. The molecule has 2 rings (SSSR count). The second-order valence-electron chi connectivity index (χ2n) is 4.45. The van der Waals surface area contributed by atoms with Crippen LogP contribution in [-0.4, -0.2) is 0 Å². The van der Waals surface area contributed by atoms with Gasteiger partial charge in [-0.25, -0.2) is 0 Å². The highest BCUT2D eigenvalue weighted by Gasteiger charge is 2.04. The molecule has 0 heterocycles. The first-order valence-electron chi connectivity index (χ1n) is 6.39. The molecule has 0 unspecified atom stereocenters. The lowest BCUT2D eigenvalue weighted by atomic mass is 10.1. The number of nitriles is 1. The van der Waals surface area contributed by atoms with E-state index in [1.165, 1.54) is 5.56 Å². The number of aryl methyl sites for hydroxylation is 1. The zero-order valence-electron chi connectivity index (χ0n) is 11.0. The van der Waals surface area contributed by atoms with Gasteiger partial charge in [-0.3, -0.25) is 0 Å². The molecule has 0 amide bonds. The van der Waals surface area contributed by atoms with Crippen molar-refractivity contribution in [3.05, 3.63) is 53.6 Å². The maximum absolute atomic E-state index is 8.95. The van der Waals surface area contributed by atoms with Gasteiger partial charge in [-0.1, -0.05) is 31.5 Å². The minimum Gasteiger partial charge on any atom is -0.396 e. The van der Waals surface area contributed by atoms with Crippen molar-refractivity contribution in [1.29, 1.82) is 5.26 Å². The number of hydrogen-bond acceptors (Lipinski definition) is 3. The minimum atomic E-state index is 0.489. The van der Waals surface area contributed by atoms with Gasteiger partial charge < -0.3 is 11.1 Å². The molecule has 0 saturated heterocycles. The molecule has 2 aromatic rings. The van der Waals surface area contributed by atoms with E-state index in [2.05, 4.69) is 30.4 Å². The van der Waals surface area contributed by atoms with Crippen molar-refractivity contribution in [2.24, 2.45) is 0 Å². The zero-order valence-corrected chi connectivity index (χ0v) is 11.0. The summed E-state index contributed by atoms with van der Waals surface area (Å²) < 4.78 is 0. The number of nitrogens with zero attached hydrogens (tertiary/aromatic N) is 1. The van der Waals surface area contributed by atoms with Gasteiger partial charge in [0.15, 0.2) is 0 Å². The molecule has 3 nitrogen and oxygen atoms in total. The largest absolute Gasteiger partial charge is 0.396 e. The van der Waals surface area contributed by atoms with Crippen LogP contribution in [0.5, 0.6) is 0 Å². The average Bonchev–Trinajstić information content (AvgIpc) is 2.43. The predicted molar refractivity (Wildman–Crippen MR) is 79.3 cm³/mol. The molecule has 19 heavy (non-hydrogen) atoms. The fraction of sp³-hybridized carbons (Fsp3) is 0.188. The van der Waals surface area contributed by atoms with Crippen LogP contribution in [0.2, 0.25) is 0 Å². The molecule has 0 aliphatic carbocycles. The molecule has 0 radical (unpaired) electrons. The number of nitrogens with two attached hydrogens (primary N) is 1. The summed E-state index contributed by atoms with van der Waals surface area (Å²) in [5.41, 5.74) is 9.98. The van der Waals surface area contributed by atoms with E-state index in [-0.39, 0.29) is 0 Å². The van der Waals surface area contributed by atoms with E-state index in [4.69, 9.17) is 11.0 Å². The van der Waals surface area contributed by atoms with E-state index < -0.39 is 0 Å². The summed E-state index contributed by atoms with van der Waals surface area (Å²) in [5.74, 6) is 0. The average molecular weight is 251 g/mol. The van der Waals surface area contributed by atoms with Crippen molar-refractivity contribution in [1.82, 2.24) is 0 Å². The van der Waals surface area contributed by atoms with Crippen LogP contribution in [0.15, 0.2) is 42.5 Å². The zero-order chi connectivity index (χ0) is 13.7. The fourth-order valence-corrected chi connectivity index (χ4v) is 1.97. The standard InChI is InChI=1S/C16H17N3/c1-2-4-12-7-9-14(10-8-12)19-15-6-3-5-13(11-17)16(15)18/h3,5-10,19H,2,4,18H2,1H3. The van der Waals surface area contributed by atoms with Crippen LogP contribution in [0.3, 0.4) is 0 Å². The first-order valence-corrected chi connectivity index (χ1v) is 6.39. The number of rotatable bonds is 4. The number of nitrogens with one attached hydrogen (secondary N) is 1. The van der Waals surface area contributed by atoms with E-state index in [1.807, 2.05) is 24.3 Å². The lowest BCUT2D eigenvalue weighted by Gasteiger charge is -2.10. The van der Waals surface area contributed by atoms with E-state index in [0.29, 0.717) is 11.3 Å². The highest BCUT2D eigenvalue weighted by Crippen LogP contribution is 2.26. The van der Waals surface area contributed by atoms with Crippen LogP contribution in [0.1, 0.15) is 24.5 Å². The van der Waals surface area contributed by atoms with Crippen molar-refractivity contribution >= 4 is 17.1 Å². The number of para-hydroxylation sites is 1. The first kappa shape index (κ1) is 13.0. The number of benzene rings is 2. The van der Waals surface area contributed by atoms with Gasteiger partial charge in [0.2, 0.25) is 0 Å². The lowest BCUT2D eigenvalue weighted by Crippen LogP contribution is -1.98. The van der Waals surface area contributed by atoms with Crippen LogP contribution in [0, 0.1) is 11.3 Å². The Morgan fingerprint density at radius 3 is 2.53 bits per heavy atom. The third-order valence-electron chi connectivity index (χ3n) is 3.00. The molecule has 96 valence electrons. The van der Waals surface area contributed by atoms with Gasteiger partial charge in [-0.2, -0.15) is 5.26 Å². The van der Waals surface area contributed by atoms with Gasteiger partial charge in [-0.15, -0.1) is 0 Å². The molecule has 0 bridgehead atoms. The summed E-state index contributed by atoms with van der Waals surface area (Å²) in [6, 6.07) is 15.8. The molecule has 0 aromatic heterocycles. The molecule has 3 heteroatoms. The van der Waals surface area contributed by atoms with Crippen molar-refractivity contribution < 1.29 is 0 Å². The summed E-state index contributed by atoms with van der Waals surface area (Å²) in [5, 5.41) is 12.2. The normalized spacial score (nSPS) is 9.89. The van der Waals surface area contributed by atoms with Crippen molar-refractivity contribution in [2.75, 3.05) is 11.1 Å². The summed E-state index contributed by atoms with van der Waals surface area (Å²) in [6.45, 7) is 2.17. The second-order valence-corrected chi connectivity index (χ2v) is 4.45. The van der Waals surface area contributed by atoms with Crippen LogP contribution >= 0.6 is 0 Å².